The van der Waals surface area contributed by atoms with Crippen molar-refractivity contribution >= 4 is 17.5 Å². The third kappa shape index (κ3) is 5.96. The van der Waals surface area contributed by atoms with E-state index in [0.717, 1.165) is 13.0 Å². The van der Waals surface area contributed by atoms with Crippen molar-refractivity contribution < 1.29 is 18.9 Å². The highest BCUT2D eigenvalue weighted by Crippen LogP contribution is 2.07. The monoisotopic (exact) mass is 268 g/mol. The summed E-state index contributed by atoms with van der Waals surface area (Å²) in [6.07, 6.45) is 0.803. The Morgan fingerprint density at radius 3 is 2.37 bits per heavy atom. The Kier molecular flexibility index (Phi) is 5.95. The third-order valence-corrected chi connectivity index (χ3v) is 2.45. The van der Waals surface area contributed by atoms with Crippen LogP contribution in [0.25, 0.3) is 0 Å². The van der Waals surface area contributed by atoms with Crippen molar-refractivity contribution in [2.24, 2.45) is 0 Å². The van der Waals surface area contributed by atoms with Crippen LogP contribution in [-0.2, 0) is 9.59 Å². The summed E-state index contributed by atoms with van der Waals surface area (Å²) in [7, 11) is 4.03. The Labute approximate surface area is 111 Å². The van der Waals surface area contributed by atoms with Gasteiger partial charge in [-0.1, -0.05) is 0 Å². The standard InChI is InChI=1S/C13H18FN3O2/c1-17(2)9-3-8-15-12(18)13(19)16-11-6-4-10(14)5-7-11/h4-7H,3,8-9H2,1-2H3,(H,15,18)(H,16,19)/p+1. The van der Waals surface area contributed by atoms with E-state index in [1.54, 1.807) is 0 Å². The molecule has 0 fully saturated rings. The van der Waals surface area contributed by atoms with Crippen molar-refractivity contribution in [3.05, 3.63) is 30.1 Å². The third-order valence-electron chi connectivity index (χ3n) is 2.45. The molecule has 1 rings (SSSR count). The Morgan fingerprint density at radius 1 is 1.16 bits per heavy atom. The number of carbonyl (C=O) groups excluding carboxylic acids is 2. The summed E-state index contributed by atoms with van der Waals surface area (Å²) in [6, 6.07) is 5.23. The van der Waals surface area contributed by atoms with E-state index in [-0.39, 0.29) is 0 Å². The topological polar surface area (TPSA) is 62.6 Å². The molecule has 0 aliphatic heterocycles. The summed E-state index contributed by atoms with van der Waals surface area (Å²) in [6.45, 7) is 1.38. The van der Waals surface area contributed by atoms with Crippen LogP contribution in [0.4, 0.5) is 10.1 Å². The summed E-state index contributed by atoms with van der Waals surface area (Å²) in [4.78, 5) is 24.2. The SMILES string of the molecule is C[NH+](C)CCCNC(=O)C(=O)Nc1ccc(F)cc1. The summed E-state index contributed by atoms with van der Waals surface area (Å²) < 4.78 is 12.7. The Balaban J connectivity index is 2.32. The van der Waals surface area contributed by atoms with Crippen LogP contribution in [-0.4, -0.2) is 39.0 Å². The quantitative estimate of drug-likeness (QED) is 0.494. The lowest BCUT2D eigenvalue weighted by Gasteiger charge is -2.08. The number of nitrogens with one attached hydrogen (secondary N) is 3. The number of anilines is 1. The van der Waals surface area contributed by atoms with E-state index >= 15 is 0 Å². The second-order valence-corrected chi connectivity index (χ2v) is 4.53. The van der Waals surface area contributed by atoms with E-state index in [9.17, 15) is 14.0 Å². The molecule has 0 aromatic heterocycles. The maximum absolute atomic E-state index is 12.7. The van der Waals surface area contributed by atoms with Crippen molar-refractivity contribution in [2.75, 3.05) is 32.5 Å². The first kappa shape index (κ1) is 15.1. The minimum Gasteiger partial charge on any atom is -0.348 e. The van der Waals surface area contributed by atoms with Gasteiger partial charge >= 0.3 is 11.8 Å². The first-order valence-electron chi connectivity index (χ1n) is 6.13. The molecule has 0 heterocycles. The predicted octanol–water partition coefficient (Wildman–Crippen LogP) is -0.585. The van der Waals surface area contributed by atoms with Gasteiger partial charge in [0.05, 0.1) is 20.6 Å². The second-order valence-electron chi connectivity index (χ2n) is 4.53. The molecule has 0 saturated heterocycles. The normalized spacial score (nSPS) is 10.3. The number of halogens is 1. The van der Waals surface area contributed by atoms with E-state index in [2.05, 4.69) is 10.6 Å². The van der Waals surface area contributed by atoms with Gasteiger partial charge in [0.2, 0.25) is 0 Å². The average molecular weight is 268 g/mol. The number of amides is 2. The van der Waals surface area contributed by atoms with Gasteiger partial charge in [0, 0.05) is 18.7 Å². The minimum absolute atomic E-state index is 0.388. The number of benzene rings is 1. The number of carbonyl (C=O) groups is 2. The number of hydrogen-bond acceptors (Lipinski definition) is 2. The first-order chi connectivity index (χ1) is 8.99. The summed E-state index contributed by atoms with van der Waals surface area (Å²) >= 11 is 0. The Bertz CT molecular complexity index is 432. The molecule has 3 N–H and O–H groups in total. The summed E-state index contributed by atoms with van der Waals surface area (Å²) in [5.74, 6) is -1.82. The van der Waals surface area contributed by atoms with Gasteiger partial charge in [-0.2, -0.15) is 0 Å². The highest BCUT2D eigenvalue weighted by Gasteiger charge is 2.12. The van der Waals surface area contributed by atoms with Gasteiger partial charge < -0.3 is 15.5 Å². The maximum atomic E-state index is 12.7. The van der Waals surface area contributed by atoms with Crippen molar-refractivity contribution in [1.82, 2.24) is 5.32 Å². The van der Waals surface area contributed by atoms with E-state index < -0.39 is 17.6 Å². The maximum Gasteiger partial charge on any atom is 0.313 e. The van der Waals surface area contributed by atoms with Gasteiger partial charge in [0.25, 0.3) is 0 Å². The van der Waals surface area contributed by atoms with Crippen molar-refractivity contribution in [3.8, 4) is 0 Å². The molecule has 0 spiro atoms. The Hall–Kier alpha value is -1.95. The van der Waals surface area contributed by atoms with E-state index in [1.807, 2.05) is 14.1 Å². The molecule has 0 unspecified atom stereocenters. The highest BCUT2D eigenvalue weighted by molar-refractivity contribution is 6.39. The largest absolute Gasteiger partial charge is 0.348 e. The number of hydrogen-bond donors (Lipinski definition) is 3. The molecule has 104 valence electrons. The van der Waals surface area contributed by atoms with Gasteiger partial charge in [-0.25, -0.2) is 4.39 Å². The van der Waals surface area contributed by atoms with Crippen LogP contribution >= 0.6 is 0 Å². The average Bonchev–Trinajstić information content (AvgIpc) is 2.36. The van der Waals surface area contributed by atoms with Crippen LogP contribution in [0.1, 0.15) is 6.42 Å². The Morgan fingerprint density at radius 2 is 1.79 bits per heavy atom. The first-order valence-corrected chi connectivity index (χ1v) is 6.13. The zero-order chi connectivity index (χ0) is 14.3. The van der Waals surface area contributed by atoms with E-state index in [0.29, 0.717) is 12.2 Å². The lowest BCUT2D eigenvalue weighted by Crippen LogP contribution is -3.05. The zero-order valence-corrected chi connectivity index (χ0v) is 11.1. The molecular weight excluding hydrogens is 249 g/mol. The predicted molar refractivity (Wildman–Crippen MR) is 70.3 cm³/mol. The fraction of sp³-hybridized carbons (Fsp3) is 0.385. The van der Waals surface area contributed by atoms with Crippen LogP contribution in [0.3, 0.4) is 0 Å². The molecule has 6 heteroatoms. The van der Waals surface area contributed by atoms with Crippen molar-refractivity contribution in [1.29, 1.82) is 0 Å². The highest BCUT2D eigenvalue weighted by atomic mass is 19.1. The molecule has 0 atom stereocenters. The molecule has 0 bridgehead atoms. The van der Waals surface area contributed by atoms with E-state index in [1.165, 1.54) is 29.2 Å². The minimum atomic E-state index is -0.746. The molecular formula is C13H19FN3O2+. The molecule has 0 radical (unpaired) electrons. The summed E-state index contributed by atoms with van der Waals surface area (Å²) in [5.41, 5.74) is 0.388. The van der Waals surface area contributed by atoms with Crippen molar-refractivity contribution in [2.45, 2.75) is 6.42 Å². The number of rotatable bonds is 5. The molecule has 1 aromatic carbocycles. The van der Waals surface area contributed by atoms with Gasteiger partial charge in [-0.3, -0.25) is 9.59 Å². The van der Waals surface area contributed by atoms with Crippen molar-refractivity contribution in [3.63, 3.8) is 0 Å². The van der Waals surface area contributed by atoms with Crippen LogP contribution in [0.2, 0.25) is 0 Å². The smallest absolute Gasteiger partial charge is 0.313 e. The van der Waals surface area contributed by atoms with Crippen LogP contribution in [0.5, 0.6) is 0 Å². The lowest BCUT2D eigenvalue weighted by atomic mass is 10.3. The van der Waals surface area contributed by atoms with Crippen LogP contribution in [0.15, 0.2) is 24.3 Å². The molecule has 19 heavy (non-hydrogen) atoms. The van der Waals surface area contributed by atoms with Gasteiger partial charge in [0.15, 0.2) is 0 Å². The lowest BCUT2D eigenvalue weighted by molar-refractivity contribution is -0.858. The van der Waals surface area contributed by atoms with Gasteiger partial charge in [-0.05, 0) is 24.3 Å². The van der Waals surface area contributed by atoms with Crippen LogP contribution in [0, 0.1) is 5.82 Å². The fourth-order valence-electron chi connectivity index (χ4n) is 1.45. The molecule has 2 amide bonds. The van der Waals surface area contributed by atoms with E-state index in [4.69, 9.17) is 0 Å². The fourth-order valence-corrected chi connectivity index (χ4v) is 1.45. The van der Waals surface area contributed by atoms with Gasteiger partial charge in [0.1, 0.15) is 5.82 Å². The molecule has 1 aromatic rings. The zero-order valence-electron chi connectivity index (χ0n) is 11.1. The molecule has 0 aliphatic carbocycles. The molecule has 0 aliphatic rings. The number of quaternary nitrogens is 1. The van der Waals surface area contributed by atoms with Gasteiger partial charge in [-0.15, -0.1) is 0 Å². The van der Waals surface area contributed by atoms with Crippen LogP contribution < -0.4 is 15.5 Å². The molecule has 0 saturated carbocycles. The summed E-state index contributed by atoms with van der Waals surface area (Å²) in [5, 5.41) is 4.93. The second kappa shape index (κ2) is 7.48. The molecule has 5 nitrogen and oxygen atoms in total.